The molecule has 5 nitrogen and oxygen atoms in total. The summed E-state index contributed by atoms with van der Waals surface area (Å²) in [6.07, 6.45) is 0.496. The van der Waals surface area contributed by atoms with Gasteiger partial charge in [0.2, 0.25) is 0 Å². The largest absolute Gasteiger partial charge is 0.514 e. The summed E-state index contributed by atoms with van der Waals surface area (Å²) >= 11 is 0. The number of carbonyl (C=O) groups excluding carboxylic acids is 1. The fraction of sp³-hybridized carbons (Fsp3) is 0.429. The van der Waals surface area contributed by atoms with E-state index in [-0.39, 0.29) is 12.4 Å². The van der Waals surface area contributed by atoms with Crippen LogP contribution in [0.25, 0.3) is 0 Å². The Bertz CT molecular complexity index is 268. The van der Waals surface area contributed by atoms with Crippen LogP contribution in [0.15, 0.2) is 10.8 Å². The van der Waals surface area contributed by atoms with Gasteiger partial charge in [0, 0.05) is 0 Å². The minimum atomic E-state index is -0.746. The number of carbonyl (C=O) groups is 1. The fourth-order valence-electron chi connectivity index (χ4n) is 0.619. The number of ether oxygens (including phenoxy) is 2. The van der Waals surface area contributed by atoms with Crippen molar-refractivity contribution < 1.29 is 18.8 Å². The Kier molecular flexibility index (Phi) is 2.68. The monoisotopic (exact) mass is 171 g/mol. The van der Waals surface area contributed by atoms with Crippen molar-refractivity contribution in [3.05, 3.63) is 12.0 Å². The van der Waals surface area contributed by atoms with E-state index < -0.39 is 6.16 Å². The predicted molar refractivity (Wildman–Crippen MR) is 38.9 cm³/mol. The van der Waals surface area contributed by atoms with Crippen molar-refractivity contribution in [3.63, 3.8) is 0 Å². The Morgan fingerprint density at radius 1 is 1.75 bits per heavy atom. The molecule has 0 bridgehead atoms. The lowest BCUT2D eigenvalue weighted by atomic mass is 10.5. The molecule has 1 aromatic heterocycles. The second-order valence-corrected chi connectivity index (χ2v) is 2.05. The van der Waals surface area contributed by atoms with Crippen molar-refractivity contribution in [1.82, 2.24) is 5.16 Å². The van der Waals surface area contributed by atoms with E-state index in [1.54, 1.807) is 13.8 Å². The summed E-state index contributed by atoms with van der Waals surface area (Å²) in [6.45, 7) is 3.64. The molecular weight excluding hydrogens is 162 g/mol. The first-order chi connectivity index (χ1) is 5.74. The van der Waals surface area contributed by atoms with Crippen molar-refractivity contribution >= 4 is 6.16 Å². The molecule has 1 rings (SSSR count). The summed E-state index contributed by atoms with van der Waals surface area (Å²) in [5.41, 5.74) is 0.517. The quantitative estimate of drug-likeness (QED) is 0.631. The molecule has 0 N–H and O–H groups in total. The first-order valence-electron chi connectivity index (χ1n) is 3.49. The zero-order valence-electron chi connectivity index (χ0n) is 6.86. The van der Waals surface area contributed by atoms with E-state index >= 15 is 0 Å². The van der Waals surface area contributed by atoms with Crippen LogP contribution in [0.4, 0.5) is 4.79 Å². The molecule has 0 aliphatic heterocycles. The van der Waals surface area contributed by atoms with Crippen LogP contribution >= 0.6 is 0 Å². The fourth-order valence-corrected chi connectivity index (χ4v) is 0.619. The van der Waals surface area contributed by atoms with E-state index in [2.05, 4.69) is 14.4 Å². The molecule has 0 spiro atoms. The van der Waals surface area contributed by atoms with Gasteiger partial charge in [-0.25, -0.2) is 4.79 Å². The minimum Gasteiger partial charge on any atom is -0.434 e. The summed E-state index contributed by atoms with van der Waals surface area (Å²) in [7, 11) is 0. The van der Waals surface area contributed by atoms with Gasteiger partial charge in [-0.3, -0.25) is 0 Å². The van der Waals surface area contributed by atoms with Crippen LogP contribution in [-0.4, -0.2) is 17.9 Å². The molecule has 0 saturated carbocycles. The molecule has 0 saturated heterocycles. The molecule has 1 heterocycles. The molecule has 5 heteroatoms. The Balaban J connectivity index is 2.52. The maximum absolute atomic E-state index is 10.7. The number of nitrogens with zero attached hydrogens (tertiary/aromatic N) is 1. The van der Waals surface area contributed by atoms with E-state index in [1.807, 2.05) is 0 Å². The van der Waals surface area contributed by atoms with Crippen molar-refractivity contribution in [2.45, 2.75) is 13.8 Å². The maximum Gasteiger partial charge on any atom is 0.514 e. The van der Waals surface area contributed by atoms with Gasteiger partial charge in [-0.15, -0.1) is 0 Å². The highest BCUT2D eigenvalue weighted by molar-refractivity contribution is 5.63. The first kappa shape index (κ1) is 8.58. The van der Waals surface area contributed by atoms with Gasteiger partial charge in [0.05, 0.1) is 6.61 Å². The van der Waals surface area contributed by atoms with Gasteiger partial charge in [-0.05, 0) is 13.8 Å². The van der Waals surface area contributed by atoms with Crippen molar-refractivity contribution in [2.75, 3.05) is 6.61 Å². The highest BCUT2D eigenvalue weighted by Crippen LogP contribution is 2.15. The summed E-state index contributed by atoms with van der Waals surface area (Å²) in [4.78, 5) is 10.7. The number of aromatic nitrogens is 1. The summed E-state index contributed by atoms with van der Waals surface area (Å²) < 4.78 is 13.8. The predicted octanol–water partition coefficient (Wildman–Crippen LogP) is 1.52. The summed E-state index contributed by atoms with van der Waals surface area (Å²) in [5, 5.41) is 3.52. The molecule has 0 aromatic carbocycles. The number of hydrogen-bond donors (Lipinski definition) is 0. The molecule has 0 aliphatic carbocycles. The van der Waals surface area contributed by atoms with E-state index in [1.165, 1.54) is 6.26 Å². The van der Waals surface area contributed by atoms with Gasteiger partial charge in [-0.1, -0.05) is 5.16 Å². The van der Waals surface area contributed by atoms with Gasteiger partial charge in [-0.2, -0.15) is 0 Å². The van der Waals surface area contributed by atoms with Gasteiger partial charge in [0.25, 0.3) is 0 Å². The third-order valence-corrected chi connectivity index (χ3v) is 1.16. The normalized spacial score (nSPS) is 9.50. The molecular formula is C7H9NO4. The second-order valence-electron chi connectivity index (χ2n) is 2.05. The Morgan fingerprint density at radius 3 is 3.00 bits per heavy atom. The maximum atomic E-state index is 10.7. The third-order valence-electron chi connectivity index (χ3n) is 1.16. The molecule has 0 aliphatic rings. The molecule has 0 unspecified atom stereocenters. The van der Waals surface area contributed by atoms with Crippen LogP contribution in [0.1, 0.15) is 12.6 Å². The lowest BCUT2D eigenvalue weighted by molar-refractivity contribution is 0.104. The van der Waals surface area contributed by atoms with E-state index in [4.69, 9.17) is 4.74 Å². The van der Waals surface area contributed by atoms with Crippen LogP contribution in [0.3, 0.4) is 0 Å². The van der Waals surface area contributed by atoms with Gasteiger partial charge >= 0.3 is 6.16 Å². The van der Waals surface area contributed by atoms with Gasteiger partial charge in [0.1, 0.15) is 5.69 Å². The molecule has 66 valence electrons. The van der Waals surface area contributed by atoms with Crippen LogP contribution in [0.2, 0.25) is 0 Å². The third kappa shape index (κ3) is 1.98. The molecule has 12 heavy (non-hydrogen) atoms. The van der Waals surface area contributed by atoms with Crippen LogP contribution in [-0.2, 0) is 4.74 Å². The van der Waals surface area contributed by atoms with Crippen molar-refractivity contribution in [1.29, 1.82) is 0 Å². The topological polar surface area (TPSA) is 61.6 Å². The lowest BCUT2D eigenvalue weighted by Crippen LogP contribution is -2.10. The SMILES string of the molecule is CCOC(=O)Oc1conc1C. The molecule has 0 radical (unpaired) electrons. The average molecular weight is 171 g/mol. The second kappa shape index (κ2) is 3.75. The zero-order chi connectivity index (χ0) is 8.97. The number of aryl methyl sites for hydroxylation is 1. The highest BCUT2D eigenvalue weighted by atomic mass is 16.7. The first-order valence-corrected chi connectivity index (χ1v) is 3.49. The molecule has 1 aromatic rings. The Labute approximate surface area is 69.2 Å². The minimum absolute atomic E-state index is 0.281. The van der Waals surface area contributed by atoms with Crippen molar-refractivity contribution in [2.24, 2.45) is 0 Å². The molecule has 0 atom stereocenters. The molecule has 0 amide bonds. The van der Waals surface area contributed by atoms with Crippen LogP contribution in [0.5, 0.6) is 5.75 Å². The molecule has 0 fully saturated rings. The Hall–Kier alpha value is -1.52. The Morgan fingerprint density at radius 2 is 2.50 bits per heavy atom. The number of hydrogen-bond acceptors (Lipinski definition) is 5. The van der Waals surface area contributed by atoms with Crippen LogP contribution in [0, 0.1) is 6.92 Å². The summed E-state index contributed by atoms with van der Waals surface area (Å²) in [6, 6.07) is 0. The lowest BCUT2D eigenvalue weighted by Gasteiger charge is -2.00. The zero-order valence-corrected chi connectivity index (χ0v) is 6.86. The van der Waals surface area contributed by atoms with E-state index in [0.717, 1.165) is 0 Å². The van der Waals surface area contributed by atoms with Crippen molar-refractivity contribution in [3.8, 4) is 5.75 Å². The van der Waals surface area contributed by atoms with Gasteiger partial charge in [0.15, 0.2) is 12.0 Å². The smallest absolute Gasteiger partial charge is 0.434 e. The van der Waals surface area contributed by atoms with Gasteiger partial charge < -0.3 is 14.0 Å². The summed E-state index contributed by atoms with van der Waals surface area (Å²) in [5.74, 6) is 0.286. The average Bonchev–Trinajstić information content (AvgIpc) is 2.37. The number of rotatable bonds is 2. The highest BCUT2D eigenvalue weighted by Gasteiger charge is 2.09. The standard InChI is InChI=1S/C7H9NO4/c1-3-10-7(9)12-6-4-11-8-5(6)2/h4H,3H2,1-2H3. The van der Waals surface area contributed by atoms with Crippen LogP contribution < -0.4 is 4.74 Å². The van der Waals surface area contributed by atoms with E-state index in [9.17, 15) is 4.79 Å². The van der Waals surface area contributed by atoms with E-state index in [0.29, 0.717) is 5.69 Å².